The monoisotopic (exact) mass is 380 g/mol. The molecule has 28 heavy (non-hydrogen) atoms. The highest BCUT2D eigenvalue weighted by Crippen LogP contribution is 2.23. The first-order valence-corrected chi connectivity index (χ1v) is 9.80. The van der Waals surface area contributed by atoms with Crippen LogP contribution in [0.2, 0.25) is 0 Å². The van der Waals surface area contributed by atoms with Gasteiger partial charge in [0.2, 0.25) is 5.91 Å². The second-order valence-electron chi connectivity index (χ2n) is 7.42. The molecule has 150 valence electrons. The summed E-state index contributed by atoms with van der Waals surface area (Å²) < 4.78 is 0. The van der Waals surface area contributed by atoms with Gasteiger partial charge in [-0.3, -0.25) is 9.79 Å². The van der Waals surface area contributed by atoms with Gasteiger partial charge in [-0.05, 0) is 31.9 Å². The SMILES string of the molecule is CCNC(=O)C(C)(C)CNC(=NC)NCC(c1ccccc1)c1ccccc1. The summed E-state index contributed by atoms with van der Waals surface area (Å²) in [6.45, 7) is 7.61. The molecule has 5 heteroatoms. The Labute approximate surface area is 168 Å². The maximum Gasteiger partial charge on any atom is 0.227 e. The molecule has 0 aliphatic carbocycles. The molecule has 0 aromatic heterocycles. The molecule has 2 aromatic carbocycles. The molecule has 3 N–H and O–H groups in total. The van der Waals surface area contributed by atoms with Crippen LogP contribution in [0, 0.1) is 5.41 Å². The maximum atomic E-state index is 12.2. The summed E-state index contributed by atoms with van der Waals surface area (Å²) in [6.07, 6.45) is 0. The number of carbonyl (C=O) groups excluding carboxylic acids is 1. The number of nitrogens with one attached hydrogen (secondary N) is 3. The molecule has 0 fully saturated rings. The maximum absolute atomic E-state index is 12.2. The van der Waals surface area contributed by atoms with Crippen molar-refractivity contribution in [1.82, 2.24) is 16.0 Å². The van der Waals surface area contributed by atoms with E-state index in [1.807, 2.05) is 32.9 Å². The van der Waals surface area contributed by atoms with E-state index in [9.17, 15) is 4.79 Å². The first-order valence-electron chi connectivity index (χ1n) is 9.80. The van der Waals surface area contributed by atoms with Crippen molar-refractivity contribution in [2.75, 3.05) is 26.7 Å². The molecule has 2 aromatic rings. The van der Waals surface area contributed by atoms with E-state index in [1.54, 1.807) is 7.05 Å². The van der Waals surface area contributed by atoms with Crippen LogP contribution >= 0.6 is 0 Å². The summed E-state index contributed by atoms with van der Waals surface area (Å²) >= 11 is 0. The van der Waals surface area contributed by atoms with E-state index >= 15 is 0 Å². The van der Waals surface area contributed by atoms with Gasteiger partial charge in [0, 0.05) is 32.6 Å². The van der Waals surface area contributed by atoms with Gasteiger partial charge in [0.15, 0.2) is 5.96 Å². The van der Waals surface area contributed by atoms with E-state index in [-0.39, 0.29) is 11.8 Å². The highest BCUT2D eigenvalue weighted by molar-refractivity contribution is 5.84. The third kappa shape index (κ3) is 6.12. The lowest BCUT2D eigenvalue weighted by Gasteiger charge is -2.26. The summed E-state index contributed by atoms with van der Waals surface area (Å²) in [4.78, 5) is 16.5. The number of hydrogen-bond donors (Lipinski definition) is 3. The third-order valence-electron chi connectivity index (χ3n) is 4.75. The van der Waals surface area contributed by atoms with Crippen LogP contribution in [0.4, 0.5) is 0 Å². The molecule has 0 aliphatic heterocycles. The molecule has 1 amide bonds. The number of hydrogen-bond acceptors (Lipinski definition) is 2. The van der Waals surface area contributed by atoms with Gasteiger partial charge in [0.25, 0.3) is 0 Å². The van der Waals surface area contributed by atoms with Gasteiger partial charge in [0.05, 0.1) is 5.41 Å². The molecule has 0 saturated heterocycles. The fraction of sp³-hybridized carbons (Fsp3) is 0.391. The topological polar surface area (TPSA) is 65.5 Å². The largest absolute Gasteiger partial charge is 0.356 e. The zero-order valence-corrected chi connectivity index (χ0v) is 17.3. The first-order chi connectivity index (χ1) is 13.5. The van der Waals surface area contributed by atoms with Crippen molar-refractivity contribution < 1.29 is 4.79 Å². The minimum atomic E-state index is -0.522. The number of aliphatic imine (C=N–C) groups is 1. The van der Waals surface area contributed by atoms with Crippen LogP contribution in [-0.2, 0) is 4.79 Å². The second-order valence-corrected chi connectivity index (χ2v) is 7.42. The van der Waals surface area contributed by atoms with Crippen LogP contribution in [0.5, 0.6) is 0 Å². The Balaban J connectivity index is 2.04. The minimum Gasteiger partial charge on any atom is -0.356 e. The number of amides is 1. The van der Waals surface area contributed by atoms with Crippen molar-refractivity contribution in [3.8, 4) is 0 Å². The molecule has 0 aliphatic rings. The number of nitrogens with zero attached hydrogens (tertiary/aromatic N) is 1. The summed E-state index contributed by atoms with van der Waals surface area (Å²) in [5, 5.41) is 9.58. The zero-order chi connectivity index (χ0) is 20.4. The lowest BCUT2D eigenvalue weighted by atomic mass is 9.91. The molecule has 0 heterocycles. The summed E-state index contributed by atoms with van der Waals surface area (Å²) in [6, 6.07) is 20.9. The van der Waals surface area contributed by atoms with Crippen LogP contribution in [0.15, 0.2) is 65.7 Å². The lowest BCUT2D eigenvalue weighted by Crippen LogP contribution is -2.48. The van der Waals surface area contributed by atoms with Crippen molar-refractivity contribution in [3.05, 3.63) is 71.8 Å². The second kappa shape index (κ2) is 10.5. The summed E-state index contributed by atoms with van der Waals surface area (Å²) in [5.74, 6) is 0.927. The molecule has 2 rings (SSSR count). The first kappa shape index (κ1) is 21.5. The van der Waals surface area contributed by atoms with Gasteiger partial charge in [-0.2, -0.15) is 0 Å². The van der Waals surface area contributed by atoms with E-state index < -0.39 is 5.41 Å². The van der Waals surface area contributed by atoms with Gasteiger partial charge in [-0.25, -0.2) is 0 Å². The molecule has 0 unspecified atom stereocenters. The molecule has 5 nitrogen and oxygen atoms in total. The van der Waals surface area contributed by atoms with Crippen molar-refractivity contribution >= 4 is 11.9 Å². The highest BCUT2D eigenvalue weighted by Gasteiger charge is 2.27. The van der Waals surface area contributed by atoms with Crippen LogP contribution in [0.1, 0.15) is 37.8 Å². The van der Waals surface area contributed by atoms with Gasteiger partial charge >= 0.3 is 0 Å². The molecule has 0 saturated carbocycles. The molecule has 0 radical (unpaired) electrons. The Morgan fingerprint density at radius 1 is 0.929 bits per heavy atom. The highest BCUT2D eigenvalue weighted by atomic mass is 16.2. The number of benzene rings is 2. The van der Waals surface area contributed by atoms with Gasteiger partial charge in [0.1, 0.15) is 0 Å². The Hall–Kier alpha value is -2.82. The average Bonchev–Trinajstić information content (AvgIpc) is 2.72. The molecular weight excluding hydrogens is 348 g/mol. The molecular formula is C23H32N4O. The van der Waals surface area contributed by atoms with Crippen molar-refractivity contribution in [1.29, 1.82) is 0 Å². The van der Waals surface area contributed by atoms with Crippen molar-refractivity contribution in [2.45, 2.75) is 26.7 Å². The molecule has 0 atom stereocenters. The van der Waals surface area contributed by atoms with E-state index in [1.165, 1.54) is 11.1 Å². The minimum absolute atomic E-state index is 0.0319. The Bertz CT molecular complexity index is 717. The standard InChI is InChI=1S/C23H32N4O/c1-5-25-21(28)23(2,3)17-27-22(24-4)26-16-20(18-12-8-6-9-13-18)19-14-10-7-11-15-19/h6-15,20H,5,16-17H2,1-4H3,(H,25,28)(H2,24,26,27). The molecule has 0 bridgehead atoms. The number of carbonyl (C=O) groups is 1. The fourth-order valence-electron chi connectivity index (χ4n) is 3.00. The molecule has 0 spiro atoms. The van der Waals surface area contributed by atoms with E-state index in [4.69, 9.17) is 0 Å². The quantitative estimate of drug-likeness (QED) is 0.487. The Morgan fingerprint density at radius 3 is 1.93 bits per heavy atom. The fourth-order valence-corrected chi connectivity index (χ4v) is 3.00. The Morgan fingerprint density at radius 2 is 1.46 bits per heavy atom. The average molecular weight is 381 g/mol. The summed E-state index contributed by atoms with van der Waals surface area (Å²) in [7, 11) is 1.74. The van der Waals surface area contributed by atoms with Crippen molar-refractivity contribution in [2.24, 2.45) is 10.4 Å². The van der Waals surface area contributed by atoms with Crippen LogP contribution in [0.3, 0.4) is 0 Å². The third-order valence-corrected chi connectivity index (χ3v) is 4.75. The van der Waals surface area contributed by atoms with Gasteiger partial charge in [-0.15, -0.1) is 0 Å². The summed E-state index contributed by atoms with van der Waals surface area (Å²) in [5.41, 5.74) is 1.98. The predicted octanol–water partition coefficient (Wildman–Crippen LogP) is 3.15. The van der Waals surface area contributed by atoms with E-state index in [0.717, 1.165) is 0 Å². The van der Waals surface area contributed by atoms with Crippen molar-refractivity contribution in [3.63, 3.8) is 0 Å². The lowest BCUT2D eigenvalue weighted by molar-refractivity contribution is -0.128. The van der Waals surface area contributed by atoms with E-state index in [2.05, 4.69) is 69.5 Å². The Kier molecular flexibility index (Phi) is 8.05. The van der Waals surface area contributed by atoms with Crippen LogP contribution < -0.4 is 16.0 Å². The van der Waals surface area contributed by atoms with Crippen LogP contribution in [0.25, 0.3) is 0 Å². The van der Waals surface area contributed by atoms with Gasteiger partial charge < -0.3 is 16.0 Å². The smallest absolute Gasteiger partial charge is 0.227 e. The van der Waals surface area contributed by atoms with Crippen LogP contribution in [-0.4, -0.2) is 38.5 Å². The number of guanidine groups is 1. The zero-order valence-electron chi connectivity index (χ0n) is 17.3. The van der Waals surface area contributed by atoms with E-state index in [0.29, 0.717) is 25.6 Å². The number of rotatable bonds is 8. The normalized spacial score (nSPS) is 12.0. The van der Waals surface area contributed by atoms with Gasteiger partial charge in [-0.1, -0.05) is 60.7 Å². The predicted molar refractivity (Wildman–Crippen MR) is 117 cm³/mol.